The summed E-state index contributed by atoms with van der Waals surface area (Å²) in [5, 5.41) is 5.04. The molecule has 0 aliphatic carbocycles. The molecule has 132 valence electrons. The van der Waals surface area contributed by atoms with Crippen molar-refractivity contribution in [1.82, 2.24) is 20.1 Å². The highest BCUT2D eigenvalue weighted by Gasteiger charge is 2.12. The Hall–Kier alpha value is -2.90. The minimum Gasteiger partial charge on any atom is -0.357 e. The van der Waals surface area contributed by atoms with Crippen LogP contribution in [0.5, 0.6) is 0 Å². The zero-order chi connectivity index (χ0) is 17.6. The Morgan fingerprint density at radius 2 is 1.92 bits per heavy atom. The van der Waals surface area contributed by atoms with Crippen LogP contribution in [0.15, 0.2) is 40.1 Å². The molecule has 8 heteroatoms. The fourth-order valence-electron chi connectivity index (χ4n) is 2.81. The molecule has 0 unspecified atom stereocenters. The summed E-state index contributed by atoms with van der Waals surface area (Å²) in [7, 11) is 0. The second kappa shape index (κ2) is 7.78. The molecule has 3 heterocycles. The first-order chi connectivity index (χ1) is 12.1. The number of aromatic nitrogens is 3. The number of nitrogens with zero attached hydrogens (tertiary/aromatic N) is 3. The van der Waals surface area contributed by atoms with E-state index in [-0.39, 0.29) is 12.5 Å². The SMILES string of the molecule is O=C(Cn1[nH]c(=O)ccc1=O)NCc1ccc(N2CCCCC2)nc1. The summed E-state index contributed by atoms with van der Waals surface area (Å²) in [5.41, 5.74) is 0.0233. The summed E-state index contributed by atoms with van der Waals surface area (Å²) >= 11 is 0. The highest BCUT2D eigenvalue weighted by molar-refractivity contribution is 5.75. The molecule has 0 aromatic carbocycles. The third-order valence-corrected chi connectivity index (χ3v) is 4.17. The number of aromatic amines is 1. The number of rotatable bonds is 5. The van der Waals surface area contributed by atoms with Gasteiger partial charge >= 0.3 is 0 Å². The largest absolute Gasteiger partial charge is 0.357 e. The van der Waals surface area contributed by atoms with Gasteiger partial charge in [-0.15, -0.1) is 0 Å². The summed E-state index contributed by atoms with van der Waals surface area (Å²) in [5.74, 6) is 0.604. The molecule has 2 aromatic rings. The second-order valence-corrected chi connectivity index (χ2v) is 6.08. The van der Waals surface area contributed by atoms with Crippen LogP contribution in [-0.4, -0.2) is 33.8 Å². The predicted molar refractivity (Wildman–Crippen MR) is 93.5 cm³/mol. The lowest BCUT2D eigenvalue weighted by molar-refractivity contribution is -0.122. The maximum Gasteiger partial charge on any atom is 0.265 e. The van der Waals surface area contributed by atoms with E-state index in [9.17, 15) is 14.4 Å². The van der Waals surface area contributed by atoms with E-state index in [1.807, 2.05) is 12.1 Å². The van der Waals surface area contributed by atoms with Crippen molar-refractivity contribution in [2.75, 3.05) is 18.0 Å². The molecular weight excluding hydrogens is 322 g/mol. The molecule has 1 aliphatic rings. The zero-order valence-corrected chi connectivity index (χ0v) is 13.9. The average Bonchev–Trinajstić information content (AvgIpc) is 2.64. The molecule has 1 saturated heterocycles. The summed E-state index contributed by atoms with van der Waals surface area (Å²) in [6.45, 7) is 2.16. The van der Waals surface area contributed by atoms with Gasteiger partial charge in [0.15, 0.2) is 0 Å². The van der Waals surface area contributed by atoms with Gasteiger partial charge in [0.05, 0.1) is 0 Å². The fraction of sp³-hybridized carbons (Fsp3) is 0.412. The Morgan fingerprint density at radius 3 is 2.64 bits per heavy atom. The van der Waals surface area contributed by atoms with Gasteiger partial charge in [-0.2, -0.15) is 0 Å². The van der Waals surface area contributed by atoms with Gasteiger partial charge in [-0.25, -0.2) is 9.67 Å². The monoisotopic (exact) mass is 343 g/mol. The van der Waals surface area contributed by atoms with E-state index < -0.39 is 11.1 Å². The minimum absolute atomic E-state index is 0.228. The highest BCUT2D eigenvalue weighted by atomic mass is 16.2. The number of hydrogen-bond donors (Lipinski definition) is 2. The Balaban J connectivity index is 1.54. The number of nitrogens with one attached hydrogen (secondary N) is 2. The van der Waals surface area contributed by atoms with Crippen molar-refractivity contribution in [3.8, 4) is 0 Å². The second-order valence-electron chi connectivity index (χ2n) is 6.08. The third-order valence-electron chi connectivity index (χ3n) is 4.17. The normalized spacial score (nSPS) is 14.3. The number of hydrogen-bond acceptors (Lipinski definition) is 5. The zero-order valence-electron chi connectivity index (χ0n) is 13.9. The van der Waals surface area contributed by atoms with Crippen LogP contribution in [-0.2, 0) is 17.9 Å². The van der Waals surface area contributed by atoms with E-state index in [0.29, 0.717) is 6.54 Å². The smallest absolute Gasteiger partial charge is 0.265 e. The van der Waals surface area contributed by atoms with E-state index in [4.69, 9.17) is 0 Å². The summed E-state index contributed by atoms with van der Waals surface area (Å²) in [6.07, 6.45) is 5.41. The first-order valence-corrected chi connectivity index (χ1v) is 8.38. The van der Waals surface area contributed by atoms with Gasteiger partial charge in [0.25, 0.3) is 11.1 Å². The minimum atomic E-state index is -0.428. The van der Waals surface area contributed by atoms with Gasteiger partial charge in [0.1, 0.15) is 12.4 Å². The van der Waals surface area contributed by atoms with Crippen molar-refractivity contribution in [1.29, 1.82) is 0 Å². The summed E-state index contributed by atoms with van der Waals surface area (Å²) < 4.78 is 0.982. The predicted octanol–water partition coefficient (Wildman–Crippen LogP) is 0.238. The van der Waals surface area contributed by atoms with E-state index in [0.717, 1.165) is 41.3 Å². The van der Waals surface area contributed by atoms with Crippen LogP contribution >= 0.6 is 0 Å². The third kappa shape index (κ3) is 4.56. The molecule has 0 atom stereocenters. The number of H-pyrrole nitrogens is 1. The van der Waals surface area contributed by atoms with Crippen LogP contribution in [0, 0.1) is 0 Å². The number of pyridine rings is 1. The van der Waals surface area contributed by atoms with E-state index in [1.54, 1.807) is 6.20 Å². The number of carbonyl (C=O) groups excluding carboxylic acids is 1. The number of piperidine rings is 1. The quantitative estimate of drug-likeness (QED) is 0.810. The van der Waals surface area contributed by atoms with Gasteiger partial charge in [-0.3, -0.25) is 19.5 Å². The summed E-state index contributed by atoms with van der Waals surface area (Å²) in [4.78, 5) is 41.4. The van der Waals surface area contributed by atoms with Crippen molar-refractivity contribution in [2.24, 2.45) is 0 Å². The van der Waals surface area contributed by atoms with Crippen LogP contribution in [0.1, 0.15) is 24.8 Å². The fourth-order valence-corrected chi connectivity index (χ4v) is 2.81. The van der Waals surface area contributed by atoms with Crippen molar-refractivity contribution in [2.45, 2.75) is 32.4 Å². The van der Waals surface area contributed by atoms with Crippen molar-refractivity contribution in [3.05, 3.63) is 56.7 Å². The molecule has 0 spiro atoms. The molecule has 3 rings (SSSR count). The number of anilines is 1. The van der Waals surface area contributed by atoms with E-state index in [1.165, 1.54) is 19.3 Å². The van der Waals surface area contributed by atoms with Gasteiger partial charge in [-0.05, 0) is 30.9 Å². The lowest BCUT2D eigenvalue weighted by Gasteiger charge is -2.27. The van der Waals surface area contributed by atoms with Gasteiger partial charge in [0, 0.05) is 38.0 Å². The molecule has 1 aliphatic heterocycles. The Kier molecular flexibility index (Phi) is 5.27. The number of amides is 1. The van der Waals surface area contributed by atoms with Crippen LogP contribution < -0.4 is 21.3 Å². The van der Waals surface area contributed by atoms with Gasteiger partial charge < -0.3 is 10.2 Å². The lowest BCUT2D eigenvalue weighted by atomic mass is 10.1. The molecule has 1 amide bonds. The van der Waals surface area contributed by atoms with Gasteiger partial charge in [0.2, 0.25) is 5.91 Å². The van der Waals surface area contributed by atoms with Crippen molar-refractivity contribution < 1.29 is 4.79 Å². The van der Waals surface area contributed by atoms with Crippen LogP contribution in [0.25, 0.3) is 0 Å². The topological polar surface area (TPSA) is 100 Å². The molecule has 0 bridgehead atoms. The Labute approximate surface area is 144 Å². The molecule has 2 aromatic heterocycles. The lowest BCUT2D eigenvalue weighted by Crippen LogP contribution is -2.35. The van der Waals surface area contributed by atoms with Crippen LogP contribution in [0.4, 0.5) is 5.82 Å². The van der Waals surface area contributed by atoms with Crippen molar-refractivity contribution in [3.63, 3.8) is 0 Å². The Bertz CT molecular complexity index is 834. The van der Waals surface area contributed by atoms with Crippen LogP contribution in [0.3, 0.4) is 0 Å². The molecule has 8 nitrogen and oxygen atoms in total. The Morgan fingerprint density at radius 1 is 1.12 bits per heavy atom. The first-order valence-electron chi connectivity index (χ1n) is 8.38. The maximum absolute atomic E-state index is 11.9. The maximum atomic E-state index is 11.9. The van der Waals surface area contributed by atoms with Crippen LogP contribution in [0.2, 0.25) is 0 Å². The molecular formula is C17H21N5O3. The van der Waals surface area contributed by atoms with Crippen molar-refractivity contribution >= 4 is 11.7 Å². The molecule has 0 saturated carbocycles. The molecule has 0 radical (unpaired) electrons. The first kappa shape index (κ1) is 16.9. The molecule has 2 N–H and O–H groups in total. The molecule has 25 heavy (non-hydrogen) atoms. The molecule has 1 fully saturated rings. The van der Waals surface area contributed by atoms with E-state index >= 15 is 0 Å². The highest BCUT2D eigenvalue weighted by Crippen LogP contribution is 2.17. The standard InChI is InChI=1S/C17H21N5O3/c23-15-6-7-17(25)22(20-15)12-16(24)19-11-13-4-5-14(18-10-13)21-8-2-1-3-9-21/h4-7,10H,1-3,8-9,11-12H2,(H,19,24)(H,20,23). The number of carbonyl (C=O) groups is 1. The average molecular weight is 343 g/mol. The van der Waals surface area contributed by atoms with Gasteiger partial charge in [-0.1, -0.05) is 6.07 Å². The van der Waals surface area contributed by atoms with E-state index in [2.05, 4.69) is 20.3 Å². The summed E-state index contributed by atoms with van der Waals surface area (Å²) in [6, 6.07) is 6.17.